The van der Waals surface area contributed by atoms with Crippen LogP contribution >= 0.6 is 0 Å². The summed E-state index contributed by atoms with van der Waals surface area (Å²) in [5, 5.41) is 0. The summed E-state index contributed by atoms with van der Waals surface area (Å²) >= 11 is 0. The minimum Gasteiger partial charge on any atom is -0.429 e. The lowest BCUT2D eigenvalue weighted by Crippen LogP contribution is -2.11. The largest absolute Gasteiger partial charge is 0.515 e. The Bertz CT molecular complexity index is 474. The normalized spacial score (nSPS) is 9.65. The van der Waals surface area contributed by atoms with Gasteiger partial charge in [-0.1, -0.05) is 30.3 Å². The Morgan fingerprint density at radius 2 is 2.00 bits per heavy atom. The number of nitrogens with zero attached hydrogens (tertiary/aromatic N) is 2. The van der Waals surface area contributed by atoms with Gasteiger partial charge in [0.2, 0.25) is 5.88 Å². The van der Waals surface area contributed by atoms with Crippen LogP contribution in [0.15, 0.2) is 48.9 Å². The second-order valence-electron chi connectivity index (χ2n) is 3.17. The van der Waals surface area contributed by atoms with Crippen LogP contribution in [-0.2, 0) is 11.3 Å². The zero-order chi connectivity index (χ0) is 11.9. The van der Waals surface area contributed by atoms with Gasteiger partial charge in [-0.15, -0.1) is 0 Å². The standard InChI is InChI=1S/C12H10N2O3/c15-12(17-11-6-7-13-9-14-11)16-8-10-4-2-1-3-5-10/h1-7,9H,8H2. The van der Waals surface area contributed by atoms with E-state index >= 15 is 0 Å². The highest BCUT2D eigenvalue weighted by atomic mass is 16.7. The Morgan fingerprint density at radius 1 is 1.18 bits per heavy atom. The molecule has 2 rings (SSSR count). The van der Waals surface area contributed by atoms with Gasteiger partial charge in [-0.05, 0) is 5.56 Å². The van der Waals surface area contributed by atoms with Gasteiger partial charge in [-0.3, -0.25) is 0 Å². The fraction of sp³-hybridized carbons (Fsp3) is 0.0833. The van der Waals surface area contributed by atoms with Crippen LogP contribution < -0.4 is 4.74 Å². The molecule has 0 aliphatic carbocycles. The molecule has 1 aromatic carbocycles. The maximum atomic E-state index is 11.3. The molecule has 0 amide bonds. The summed E-state index contributed by atoms with van der Waals surface area (Å²) in [5.74, 6) is 0.165. The van der Waals surface area contributed by atoms with E-state index in [1.807, 2.05) is 30.3 Å². The Labute approximate surface area is 98.0 Å². The molecule has 1 heterocycles. The average molecular weight is 230 g/mol. The summed E-state index contributed by atoms with van der Waals surface area (Å²) in [6, 6.07) is 10.8. The molecule has 0 atom stereocenters. The lowest BCUT2D eigenvalue weighted by molar-refractivity contribution is 0.0912. The first-order valence-electron chi connectivity index (χ1n) is 4.99. The maximum Gasteiger partial charge on any atom is 0.515 e. The van der Waals surface area contributed by atoms with Crippen molar-refractivity contribution in [3.63, 3.8) is 0 Å². The predicted molar refractivity (Wildman–Crippen MR) is 59.3 cm³/mol. The van der Waals surface area contributed by atoms with Crippen LogP contribution in [0.1, 0.15) is 5.56 Å². The molecule has 2 aromatic rings. The van der Waals surface area contributed by atoms with Gasteiger partial charge in [-0.25, -0.2) is 14.8 Å². The molecule has 5 heteroatoms. The van der Waals surface area contributed by atoms with E-state index < -0.39 is 6.16 Å². The van der Waals surface area contributed by atoms with Crippen molar-refractivity contribution < 1.29 is 14.3 Å². The van der Waals surface area contributed by atoms with E-state index in [-0.39, 0.29) is 12.5 Å². The molecule has 0 fully saturated rings. The first-order chi connectivity index (χ1) is 8.34. The fourth-order valence-electron chi connectivity index (χ4n) is 1.17. The van der Waals surface area contributed by atoms with E-state index in [2.05, 4.69) is 9.97 Å². The van der Waals surface area contributed by atoms with Crippen LogP contribution in [0.5, 0.6) is 5.88 Å². The fourth-order valence-corrected chi connectivity index (χ4v) is 1.17. The van der Waals surface area contributed by atoms with E-state index in [1.54, 1.807) is 0 Å². The number of ether oxygens (including phenoxy) is 2. The molecule has 0 aliphatic heterocycles. The van der Waals surface area contributed by atoms with Gasteiger partial charge in [0.15, 0.2) is 0 Å². The van der Waals surface area contributed by atoms with E-state index in [9.17, 15) is 4.79 Å². The molecular formula is C12H10N2O3. The number of carbonyl (C=O) groups is 1. The third kappa shape index (κ3) is 3.57. The summed E-state index contributed by atoms with van der Waals surface area (Å²) in [6.45, 7) is 0.171. The van der Waals surface area contributed by atoms with Crippen LogP contribution in [0, 0.1) is 0 Å². The molecule has 86 valence electrons. The van der Waals surface area contributed by atoms with Crippen molar-refractivity contribution in [2.45, 2.75) is 6.61 Å². The average Bonchev–Trinajstić information content (AvgIpc) is 2.39. The molecule has 0 radical (unpaired) electrons. The van der Waals surface area contributed by atoms with Crippen molar-refractivity contribution >= 4 is 6.16 Å². The van der Waals surface area contributed by atoms with Gasteiger partial charge in [0.1, 0.15) is 12.9 Å². The van der Waals surface area contributed by atoms with E-state index in [0.29, 0.717) is 0 Å². The Balaban J connectivity index is 1.83. The van der Waals surface area contributed by atoms with Crippen LogP contribution in [-0.4, -0.2) is 16.1 Å². The molecule has 0 N–H and O–H groups in total. The first-order valence-corrected chi connectivity index (χ1v) is 4.99. The van der Waals surface area contributed by atoms with Gasteiger partial charge in [0.05, 0.1) is 0 Å². The zero-order valence-electron chi connectivity index (χ0n) is 8.95. The van der Waals surface area contributed by atoms with Gasteiger partial charge in [0, 0.05) is 12.3 Å². The molecule has 0 unspecified atom stereocenters. The van der Waals surface area contributed by atoms with Gasteiger partial charge in [0.25, 0.3) is 0 Å². The summed E-state index contributed by atoms with van der Waals surface area (Å²) < 4.78 is 9.73. The first kappa shape index (κ1) is 11.1. The summed E-state index contributed by atoms with van der Waals surface area (Å²) in [5.41, 5.74) is 0.895. The Kier molecular flexibility index (Phi) is 3.64. The number of aromatic nitrogens is 2. The Morgan fingerprint density at radius 3 is 2.71 bits per heavy atom. The SMILES string of the molecule is O=C(OCc1ccccc1)Oc1ccncn1. The maximum absolute atomic E-state index is 11.3. The van der Waals surface area contributed by atoms with Crippen molar-refractivity contribution in [2.24, 2.45) is 0 Å². The lowest BCUT2D eigenvalue weighted by atomic mass is 10.2. The van der Waals surface area contributed by atoms with Gasteiger partial charge in [-0.2, -0.15) is 0 Å². The van der Waals surface area contributed by atoms with Crippen LogP contribution in [0.3, 0.4) is 0 Å². The topological polar surface area (TPSA) is 61.3 Å². The number of benzene rings is 1. The predicted octanol–water partition coefficient (Wildman–Crippen LogP) is 2.19. The second-order valence-corrected chi connectivity index (χ2v) is 3.17. The van der Waals surface area contributed by atoms with Crippen molar-refractivity contribution in [3.05, 3.63) is 54.5 Å². The monoisotopic (exact) mass is 230 g/mol. The van der Waals surface area contributed by atoms with Crippen molar-refractivity contribution in [3.8, 4) is 5.88 Å². The minimum absolute atomic E-state index is 0.165. The minimum atomic E-state index is -0.785. The summed E-state index contributed by atoms with van der Waals surface area (Å²) in [7, 11) is 0. The third-order valence-corrected chi connectivity index (χ3v) is 1.94. The molecule has 0 bridgehead atoms. The smallest absolute Gasteiger partial charge is 0.429 e. The summed E-state index contributed by atoms with van der Waals surface area (Å²) in [4.78, 5) is 18.7. The number of hydrogen-bond acceptors (Lipinski definition) is 5. The van der Waals surface area contributed by atoms with Crippen LogP contribution in [0.4, 0.5) is 4.79 Å². The number of hydrogen-bond donors (Lipinski definition) is 0. The van der Waals surface area contributed by atoms with E-state index in [4.69, 9.17) is 9.47 Å². The molecular weight excluding hydrogens is 220 g/mol. The van der Waals surface area contributed by atoms with Crippen LogP contribution in [0.2, 0.25) is 0 Å². The molecule has 0 spiro atoms. The highest BCUT2D eigenvalue weighted by molar-refractivity contribution is 5.62. The van der Waals surface area contributed by atoms with Crippen LogP contribution in [0.25, 0.3) is 0 Å². The van der Waals surface area contributed by atoms with Gasteiger partial charge >= 0.3 is 6.16 Å². The van der Waals surface area contributed by atoms with Gasteiger partial charge < -0.3 is 9.47 Å². The van der Waals surface area contributed by atoms with Crippen molar-refractivity contribution in [1.29, 1.82) is 0 Å². The van der Waals surface area contributed by atoms with E-state index in [1.165, 1.54) is 18.6 Å². The molecule has 17 heavy (non-hydrogen) atoms. The highest BCUT2D eigenvalue weighted by Gasteiger charge is 2.06. The van der Waals surface area contributed by atoms with E-state index in [0.717, 1.165) is 5.56 Å². The zero-order valence-corrected chi connectivity index (χ0v) is 8.95. The quantitative estimate of drug-likeness (QED) is 0.756. The lowest BCUT2D eigenvalue weighted by Gasteiger charge is -2.04. The number of rotatable bonds is 3. The molecule has 1 aromatic heterocycles. The highest BCUT2D eigenvalue weighted by Crippen LogP contribution is 2.05. The molecule has 0 saturated carbocycles. The number of carbonyl (C=O) groups excluding carboxylic acids is 1. The molecule has 0 aliphatic rings. The second kappa shape index (κ2) is 5.60. The Hall–Kier alpha value is -2.43. The third-order valence-electron chi connectivity index (χ3n) is 1.94. The molecule has 0 saturated heterocycles. The van der Waals surface area contributed by atoms with Crippen molar-refractivity contribution in [2.75, 3.05) is 0 Å². The summed E-state index contributed by atoms with van der Waals surface area (Å²) in [6.07, 6.45) is 1.99. The van der Waals surface area contributed by atoms with Crippen molar-refractivity contribution in [1.82, 2.24) is 9.97 Å². The molecule has 5 nitrogen and oxygen atoms in total.